The highest BCUT2D eigenvalue weighted by molar-refractivity contribution is 6.01. The van der Waals surface area contributed by atoms with Crippen molar-refractivity contribution >= 4 is 17.6 Å². The zero-order chi connectivity index (χ0) is 27.0. The topological polar surface area (TPSA) is 97.7 Å². The molecule has 196 valence electrons. The normalized spacial score (nSPS) is 18.6. The molecule has 1 unspecified atom stereocenters. The minimum absolute atomic E-state index is 0.0251. The van der Waals surface area contributed by atoms with Crippen LogP contribution in [0.15, 0.2) is 59.5 Å². The van der Waals surface area contributed by atoms with Crippen molar-refractivity contribution in [3.8, 4) is 5.75 Å². The molecule has 2 aliphatic rings. The molecule has 5 rings (SSSR count). The van der Waals surface area contributed by atoms with Crippen molar-refractivity contribution in [2.45, 2.75) is 45.0 Å². The van der Waals surface area contributed by atoms with Crippen LogP contribution in [-0.4, -0.2) is 39.7 Å². The number of fused-ring (bicyclic) bond motifs is 4. The average molecular weight is 522 g/mol. The summed E-state index contributed by atoms with van der Waals surface area (Å²) in [6.07, 6.45) is 1.93. The third kappa shape index (κ3) is 4.69. The number of hydrogen-bond acceptors (Lipinski definition) is 5. The molecule has 0 saturated carbocycles. The quantitative estimate of drug-likeness (QED) is 0.537. The maximum Gasteiger partial charge on any atom is 0.274 e. The van der Waals surface area contributed by atoms with Gasteiger partial charge in [-0.2, -0.15) is 0 Å². The van der Waals surface area contributed by atoms with E-state index in [2.05, 4.69) is 5.32 Å². The van der Waals surface area contributed by atoms with Crippen LogP contribution in [0.25, 0.3) is 0 Å². The maximum absolute atomic E-state index is 14.1. The molecule has 0 aliphatic carbocycles. The summed E-state index contributed by atoms with van der Waals surface area (Å²) >= 11 is 0. The molecule has 3 heterocycles. The minimum atomic E-state index is -0.845. The molecule has 1 N–H and O–H groups in total. The molecule has 1 aromatic heterocycles. The third-order valence-electron chi connectivity index (χ3n) is 7.00. The third-order valence-corrected chi connectivity index (χ3v) is 7.00. The van der Waals surface area contributed by atoms with Gasteiger partial charge >= 0.3 is 0 Å². The number of hydrogen-bond donors (Lipinski definition) is 1. The fraction of sp³-hybridized carbons (Fsp3) is 0.286. The fourth-order valence-corrected chi connectivity index (χ4v) is 4.83. The van der Waals surface area contributed by atoms with E-state index in [1.165, 1.54) is 16.8 Å². The summed E-state index contributed by atoms with van der Waals surface area (Å²) < 4.78 is 34.6. The lowest BCUT2D eigenvalue weighted by molar-refractivity contribution is -0.122. The predicted octanol–water partition coefficient (Wildman–Crippen LogP) is 3.38. The SMILES string of the molecule is CC1CCC(=O)[C@H]2CN1C(=O)c1c(OCc3ccccc3)c(=O)c(C(=O)NCc3ccc(F)cc3F)cn12. The first-order valence-corrected chi connectivity index (χ1v) is 12.3. The standard InChI is InChI=1S/C28H25F2N3O5/c1-16-7-10-23(34)22-14-32(16)28(37)24-26(38-15-17-5-3-2-4-6-17)25(35)20(13-33(22)24)27(36)31-12-18-8-9-19(29)11-21(18)30/h2-6,8-9,11,13,16,22H,7,10,12,14-15H2,1H3,(H,31,36)/t16?,22-/m1/s1. The minimum Gasteiger partial charge on any atom is -0.483 e. The Morgan fingerprint density at radius 3 is 2.61 bits per heavy atom. The van der Waals surface area contributed by atoms with Gasteiger partial charge < -0.3 is 19.5 Å². The number of amides is 2. The molecular weight excluding hydrogens is 496 g/mol. The Balaban J connectivity index is 1.56. The average Bonchev–Trinajstić information content (AvgIpc) is 3.03. The molecular formula is C28H25F2N3O5. The molecule has 1 saturated heterocycles. The molecule has 2 aromatic carbocycles. The van der Waals surface area contributed by atoms with Crippen LogP contribution >= 0.6 is 0 Å². The number of benzene rings is 2. The van der Waals surface area contributed by atoms with Gasteiger partial charge in [0, 0.05) is 43.4 Å². The lowest BCUT2D eigenvalue weighted by Crippen LogP contribution is -2.48. The second-order valence-electron chi connectivity index (χ2n) is 9.48. The molecule has 8 nitrogen and oxygen atoms in total. The van der Waals surface area contributed by atoms with Crippen molar-refractivity contribution in [2.24, 2.45) is 0 Å². The van der Waals surface area contributed by atoms with Crippen LogP contribution in [0.5, 0.6) is 5.75 Å². The molecule has 2 amide bonds. The van der Waals surface area contributed by atoms with Crippen LogP contribution < -0.4 is 15.5 Å². The number of nitrogens with zero attached hydrogens (tertiary/aromatic N) is 2. The van der Waals surface area contributed by atoms with Crippen molar-refractivity contribution in [1.82, 2.24) is 14.8 Å². The largest absolute Gasteiger partial charge is 0.483 e. The van der Waals surface area contributed by atoms with Gasteiger partial charge in [0.2, 0.25) is 5.43 Å². The van der Waals surface area contributed by atoms with Crippen LogP contribution in [0.4, 0.5) is 8.78 Å². The van der Waals surface area contributed by atoms with Crippen LogP contribution in [0.3, 0.4) is 0 Å². The second-order valence-corrected chi connectivity index (χ2v) is 9.48. The van der Waals surface area contributed by atoms with E-state index in [4.69, 9.17) is 4.74 Å². The van der Waals surface area contributed by atoms with E-state index >= 15 is 0 Å². The first kappa shape index (κ1) is 25.3. The predicted molar refractivity (Wildman–Crippen MR) is 133 cm³/mol. The summed E-state index contributed by atoms with van der Waals surface area (Å²) in [4.78, 5) is 54.8. The summed E-state index contributed by atoms with van der Waals surface area (Å²) in [6, 6.07) is 10.9. The highest BCUT2D eigenvalue weighted by Gasteiger charge is 2.42. The van der Waals surface area contributed by atoms with Crippen molar-refractivity contribution in [2.75, 3.05) is 6.54 Å². The van der Waals surface area contributed by atoms with E-state index in [-0.39, 0.29) is 60.5 Å². The maximum atomic E-state index is 14.1. The zero-order valence-electron chi connectivity index (χ0n) is 20.6. The Labute approximate surface area is 216 Å². The summed E-state index contributed by atoms with van der Waals surface area (Å²) in [7, 11) is 0. The summed E-state index contributed by atoms with van der Waals surface area (Å²) in [5, 5.41) is 2.47. The molecule has 2 aliphatic heterocycles. The van der Waals surface area contributed by atoms with Crippen molar-refractivity contribution < 1.29 is 27.9 Å². The van der Waals surface area contributed by atoms with E-state index in [1.54, 1.807) is 29.2 Å². The number of ether oxygens (including phenoxy) is 1. The van der Waals surface area contributed by atoms with E-state index in [9.17, 15) is 28.0 Å². The highest BCUT2D eigenvalue weighted by atomic mass is 19.1. The van der Waals surface area contributed by atoms with Gasteiger partial charge in [-0.05, 0) is 25.0 Å². The second kappa shape index (κ2) is 10.2. The van der Waals surface area contributed by atoms with Crippen molar-refractivity contribution in [1.29, 1.82) is 0 Å². The molecule has 3 aromatic rings. The first-order chi connectivity index (χ1) is 18.2. The lowest BCUT2D eigenvalue weighted by Gasteiger charge is -2.36. The fourth-order valence-electron chi connectivity index (χ4n) is 4.83. The summed E-state index contributed by atoms with van der Waals surface area (Å²) in [5.74, 6) is -3.34. The molecule has 10 heteroatoms. The highest BCUT2D eigenvalue weighted by Crippen LogP contribution is 2.33. The number of aromatic nitrogens is 1. The van der Waals surface area contributed by atoms with Crippen molar-refractivity contribution in [3.63, 3.8) is 0 Å². The molecule has 1 fully saturated rings. The van der Waals surface area contributed by atoms with Gasteiger partial charge in [0.1, 0.15) is 29.8 Å². The number of halogens is 2. The Bertz CT molecular complexity index is 1490. The number of pyridine rings is 1. The van der Waals surface area contributed by atoms with E-state index in [0.717, 1.165) is 11.6 Å². The molecule has 2 bridgehead atoms. The van der Waals surface area contributed by atoms with Gasteiger partial charge in [-0.15, -0.1) is 0 Å². The van der Waals surface area contributed by atoms with Gasteiger partial charge in [0.05, 0.1) is 0 Å². The van der Waals surface area contributed by atoms with E-state index in [1.807, 2.05) is 13.0 Å². The Morgan fingerprint density at radius 2 is 1.87 bits per heavy atom. The van der Waals surface area contributed by atoms with Crippen LogP contribution in [0, 0.1) is 11.6 Å². The lowest BCUT2D eigenvalue weighted by atomic mass is 10.0. The molecule has 0 radical (unpaired) electrons. The number of rotatable bonds is 6. The zero-order valence-corrected chi connectivity index (χ0v) is 20.6. The van der Waals surface area contributed by atoms with Gasteiger partial charge in [-0.25, -0.2) is 8.78 Å². The van der Waals surface area contributed by atoms with Crippen molar-refractivity contribution in [3.05, 3.63) is 99.0 Å². The molecule has 38 heavy (non-hydrogen) atoms. The van der Waals surface area contributed by atoms with Crippen LogP contribution in [0.2, 0.25) is 0 Å². The Kier molecular flexibility index (Phi) is 6.79. The Hall–Kier alpha value is -4.34. The first-order valence-electron chi connectivity index (χ1n) is 12.3. The van der Waals surface area contributed by atoms with Crippen LogP contribution in [0.1, 0.15) is 57.8 Å². The molecule has 0 spiro atoms. The molecule has 2 atom stereocenters. The summed E-state index contributed by atoms with van der Waals surface area (Å²) in [5.41, 5.74) is -0.497. The van der Waals surface area contributed by atoms with Gasteiger partial charge in [0.15, 0.2) is 17.2 Å². The monoisotopic (exact) mass is 521 g/mol. The summed E-state index contributed by atoms with van der Waals surface area (Å²) in [6.45, 7) is 1.62. The number of Topliss-reactive ketones (excluding diaryl/α,β-unsaturated/α-hetero) is 1. The van der Waals surface area contributed by atoms with E-state index in [0.29, 0.717) is 12.5 Å². The number of nitrogens with one attached hydrogen (secondary N) is 1. The number of ketones is 1. The van der Waals surface area contributed by atoms with E-state index < -0.39 is 34.9 Å². The smallest absolute Gasteiger partial charge is 0.274 e. The Morgan fingerprint density at radius 1 is 1.11 bits per heavy atom. The number of carbonyl (C=O) groups is 3. The van der Waals surface area contributed by atoms with Gasteiger partial charge in [-0.1, -0.05) is 36.4 Å². The van der Waals surface area contributed by atoms with Gasteiger partial charge in [-0.3, -0.25) is 19.2 Å². The van der Waals surface area contributed by atoms with Crippen LogP contribution in [-0.2, 0) is 17.9 Å². The number of carbonyl (C=O) groups excluding carboxylic acids is 3. The van der Waals surface area contributed by atoms with Gasteiger partial charge in [0.25, 0.3) is 11.8 Å².